The highest BCUT2D eigenvalue weighted by Gasteiger charge is 2.10. The van der Waals surface area contributed by atoms with Crippen LogP contribution in [-0.4, -0.2) is 27.1 Å². The van der Waals surface area contributed by atoms with Gasteiger partial charge in [0.1, 0.15) is 5.75 Å². The van der Waals surface area contributed by atoms with Crippen LogP contribution in [0.15, 0.2) is 46.9 Å². The van der Waals surface area contributed by atoms with Gasteiger partial charge < -0.3 is 14.2 Å². The van der Waals surface area contributed by atoms with Crippen LogP contribution in [0.25, 0.3) is 6.08 Å². The summed E-state index contributed by atoms with van der Waals surface area (Å²) in [5, 5.41) is 0. The van der Waals surface area contributed by atoms with Crippen LogP contribution in [0.5, 0.6) is 17.2 Å². The Bertz CT molecular complexity index is 738. The molecule has 4 nitrogen and oxygen atoms in total. The van der Waals surface area contributed by atoms with Gasteiger partial charge in [-0.2, -0.15) is 0 Å². The van der Waals surface area contributed by atoms with E-state index in [-0.39, 0.29) is 5.78 Å². The molecule has 0 aliphatic rings. The zero-order chi connectivity index (χ0) is 16.8. The Kier molecular flexibility index (Phi) is 5.82. The van der Waals surface area contributed by atoms with Crippen molar-refractivity contribution in [3.05, 3.63) is 58.1 Å². The van der Waals surface area contributed by atoms with Crippen molar-refractivity contribution >= 4 is 27.8 Å². The average molecular weight is 377 g/mol. The highest BCUT2D eigenvalue weighted by Crippen LogP contribution is 2.35. The molecule has 0 aromatic heterocycles. The minimum absolute atomic E-state index is 0.0943. The second-order valence-electron chi connectivity index (χ2n) is 4.66. The van der Waals surface area contributed by atoms with Gasteiger partial charge >= 0.3 is 0 Å². The van der Waals surface area contributed by atoms with Crippen LogP contribution in [0.3, 0.4) is 0 Å². The summed E-state index contributed by atoms with van der Waals surface area (Å²) in [4.78, 5) is 12.2. The summed E-state index contributed by atoms with van der Waals surface area (Å²) in [6.45, 7) is 0. The number of rotatable bonds is 6. The Balaban J connectivity index is 2.33. The standard InChI is InChI=1S/C18H17BrO4/c1-21-16-11-18(23-3)17(22-2)10-13(16)7-8-15(20)12-5-4-6-14(19)9-12/h4-11H,1-3H3. The number of benzene rings is 2. The Hall–Kier alpha value is -2.27. The average Bonchev–Trinajstić information content (AvgIpc) is 2.58. The van der Waals surface area contributed by atoms with E-state index in [0.29, 0.717) is 22.8 Å². The molecule has 23 heavy (non-hydrogen) atoms. The molecular formula is C18H17BrO4. The van der Waals surface area contributed by atoms with E-state index in [0.717, 1.165) is 10.0 Å². The van der Waals surface area contributed by atoms with E-state index in [4.69, 9.17) is 14.2 Å². The van der Waals surface area contributed by atoms with Crippen molar-refractivity contribution in [2.45, 2.75) is 0 Å². The normalized spacial score (nSPS) is 10.6. The van der Waals surface area contributed by atoms with Crippen molar-refractivity contribution in [2.75, 3.05) is 21.3 Å². The smallest absolute Gasteiger partial charge is 0.185 e. The number of halogens is 1. The first-order valence-corrected chi connectivity index (χ1v) is 7.66. The Morgan fingerprint density at radius 1 is 0.957 bits per heavy atom. The van der Waals surface area contributed by atoms with Gasteiger partial charge in [0.15, 0.2) is 17.3 Å². The topological polar surface area (TPSA) is 44.8 Å². The number of hydrogen-bond acceptors (Lipinski definition) is 4. The van der Waals surface area contributed by atoms with E-state index in [9.17, 15) is 4.79 Å². The van der Waals surface area contributed by atoms with Gasteiger partial charge in [-0.3, -0.25) is 4.79 Å². The van der Waals surface area contributed by atoms with Crippen LogP contribution in [0.1, 0.15) is 15.9 Å². The molecule has 5 heteroatoms. The van der Waals surface area contributed by atoms with Gasteiger partial charge in [-0.25, -0.2) is 0 Å². The number of ether oxygens (including phenoxy) is 3. The highest BCUT2D eigenvalue weighted by atomic mass is 79.9. The largest absolute Gasteiger partial charge is 0.496 e. The number of ketones is 1. The molecule has 0 fully saturated rings. The molecule has 0 unspecified atom stereocenters. The van der Waals surface area contributed by atoms with E-state index >= 15 is 0 Å². The summed E-state index contributed by atoms with van der Waals surface area (Å²) in [6, 6.07) is 10.7. The Labute approximate surface area is 143 Å². The van der Waals surface area contributed by atoms with Crippen molar-refractivity contribution in [1.29, 1.82) is 0 Å². The molecule has 0 aliphatic carbocycles. The maximum Gasteiger partial charge on any atom is 0.185 e. The molecule has 0 bridgehead atoms. The molecule has 0 radical (unpaired) electrons. The maximum atomic E-state index is 12.2. The molecule has 0 amide bonds. The van der Waals surface area contributed by atoms with E-state index in [1.54, 1.807) is 51.7 Å². The third-order valence-corrected chi connectivity index (χ3v) is 3.75. The monoisotopic (exact) mass is 376 g/mol. The lowest BCUT2D eigenvalue weighted by atomic mass is 10.1. The minimum atomic E-state index is -0.0943. The fourth-order valence-electron chi connectivity index (χ4n) is 2.09. The molecule has 0 heterocycles. The van der Waals surface area contributed by atoms with Gasteiger partial charge in [-0.1, -0.05) is 28.1 Å². The van der Waals surface area contributed by atoms with Crippen LogP contribution >= 0.6 is 15.9 Å². The molecule has 0 N–H and O–H groups in total. The summed E-state index contributed by atoms with van der Waals surface area (Å²) >= 11 is 3.36. The number of carbonyl (C=O) groups excluding carboxylic acids is 1. The number of methoxy groups -OCH3 is 3. The quantitative estimate of drug-likeness (QED) is 0.554. The van der Waals surface area contributed by atoms with Crippen molar-refractivity contribution < 1.29 is 19.0 Å². The molecule has 0 saturated heterocycles. The first kappa shape index (κ1) is 17.1. The molecule has 0 aliphatic heterocycles. The zero-order valence-electron chi connectivity index (χ0n) is 13.1. The first-order chi connectivity index (χ1) is 11.1. The predicted octanol–water partition coefficient (Wildman–Crippen LogP) is 4.37. The van der Waals surface area contributed by atoms with Gasteiger partial charge in [0, 0.05) is 21.7 Å². The molecule has 0 atom stereocenters. The number of allylic oxidation sites excluding steroid dienone is 1. The summed E-state index contributed by atoms with van der Waals surface area (Å²) in [5.41, 5.74) is 1.34. The molecule has 0 spiro atoms. The predicted molar refractivity (Wildman–Crippen MR) is 93.6 cm³/mol. The first-order valence-electron chi connectivity index (χ1n) is 6.87. The second kappa shape index (κ2) is 7.83. The van der Waals surface area contributed by atoms with Crippen molar-refractivity contribution in [1.82, 2.24) is 0 Å². The fourth-order valence-corrected chi connectivity index (χ4v) is 2.49. The van der Waals surface area contributed by atoms with E-state index in [1.165, 1.54) is 6.08 Å². The van der Waals surface area contributed by atoms with Gasteiger partial charge in [0.05, 0.1) is 21.3 Å². The summed E-state index contributed by atoms with van der Waals surface area (Å²) < 4.78 is 16.7. The SMILES string of the molecule is COc1cc(OC)c(OC)cc1C=CC(=O)c1cccc(Br)c1. The van der Waals surface area contributed by atoms with Gasteiger partial charge in [0.2, 0.25) is 0 Å². The van der Waals surface area contributed by atoms with Crippen molar-refractivity contribution in [3.63, 3.8) is 0 Å². The number of hydrogen-bond donors (Lipinski definition) is 0. The lowest BCUT2D eigenvalue weighted by Crippen LogP contribution is -1.96. The molecule has 2 aromatic carbocycles. The van der Waals surface area contributed by atoms with Crippen LogP contribution in [0.2, 0.25) is 0 Å². The Morgan fingerprint density at radius 2 is 1.61 bits per heavy atom. The van der Waals surface area contributed by atoms with Gasteiger partial charge in [0.25, 0.3) is 0 Å². The van der Waals surface area contributed by atoms with Gasteiger partial charge in [-0.05, 0) is 30.4 Å². The van der Waals surface area contributed by atoms with Crippen LogP contribution in [0.4, 0.5) is 0 Å². The highest BCUT2D eigenvalue weighted by molar-refractivity contribution is 9.10. The fraction of sp³-hybridized carbons (Fsp3) is 0.167. The lowest BCUT2D eigenvalue weighted by molar-refractivity contribution is 0.104. The minimum Gasteiger partial charge on any atom is -0.496 e. The van der Waals surface area contributed by atoms with Crippen LogP contribution in [-0.2, 0) is 0 Å². The summed E-state index contributed by atoms with van der Waals surface area (Å²) in [5.74, 6) is 1.65. The van der Waals surface area contributed by atoms with Gasteiger partial charge in [-0.15, -0.1) is 0 Å². The van der Waals surface area contributed by atoms with E-state index in [1.807, 2.05) is 12.1 Å². The van der Waals surface area contributed by atoms with Crippen LogP contribution in [0, 0.1) is 0 Å². The maximum absolute atomic E-state index is 12.2. The molecule has 2 rings (SSSR count). The molecule has 0 saturated carbocycles. The van der Waals surface area contributed by atoms with Crippen molar-refractivity contribution in [2.24, 2.45) is 0 Å². The number of carbonyl (C=O) groups is 1. The third-order valence-electron chi connectivity index (χ3n) is 3.26. The summed E-state index contributed by atoms with van der Waals surface area (Å²) in [7, 11) is 4.68. The van der Waals surface area contributed by atoms with E-state index in [2.05, 4.69) is 15.9 Å². The zero-order valence-corrected chi connectivity index (χ0v) is 14.7. The Morgan fingerprint density at radius 3 is 2.22 bits per heavy atom. The van der Waals surface area contributed by atoms with Crippen molar-refractivity contribution in [3.8, 4) is 17.2 Å². The molecule has 2 aromatic rings. The van der Waals surface area contributed by atoms with E-state index < -0.39 is 0 Å². The third kappa shape index (κ3) is 4.13. The molecular weight excluding hydrogens is 360 g/mol. The van der Waals surface area contributed by atoms with Crippen LogP contribution < -0.4 is 14.2 Å². The molecule has 120 valence electrons. The lowest BCUT2D eigenvalue weighted by Gasteiger charge is -2.12. The summed E-state index contributed by atoms with van der Waals surface area (Å²) in [6.07, 6.45) is 3.20. The second-order valence-corrected chi connectivity index (χ2v) is 5.57.